The number of H-pyrrole nitrogens is 1. The molecule has 1 N–H and O–H groups in total. The fraction of sp³-hybridized carbons (Fsp3) is 0.500. The van der Waals surface area contributed by atoms with Gasteiger partial charge in [0.05, 0.1) is 0 Å². The average Bonchev–Trinajstić information content (AvgIpc) is 2.88. The molecule has 0 spiro atoms. The summed E-state index contributed by atoms with van der Waals surface area (Å²) in [5, 5.41) is 0.897. The number of carbonyl (C=O) groups is 1. The molecule has 22 heavy (non-hydrogen) atoms. The van der Waals surface area contributed by atoms with Crippen LogP contribution in [0.1, 0.15) is 45.2 Å². The first kappa shape index (κ1) is 15.1. The van der Waals surface area contributed by atoms with E-state index in [1.807, 2.05) is 31.7 Å². The van der Waals surface area contributed by atoms with Gasteiger partial charge in [-0.15, -0.1) is 0 Å². The van der Waals surface area contributed by atoms with Crippen molar-refractivity contribution >= 4 is 16.8 Å². The van der Waals surface area contributed by atoms with E-state index in [4.69, 9.17) is 0 Å². The third-order valence-corrected chi connectivity index (χ3v) is 4.39. The summed E-state index contributed by atoms with van der Waals surface area (Å²) in [5.41, 5.74) is 1.72. The van der Waals surface area contributed by atoms with Crippen LogP contribution in [0, 0.1) is 11.2 Å². The molecule has 0 radical (unpaired) electrons. The number of hydrogen-bond donors (Lipinski definition) is 1. The molecule has 4 heteroatoms. The lowest BCUT2D eigenvalue weighted by molar-refractivity contribution is -0.140. The Morgan fingerprint density at radius 2 is 2.09 bits per heavy atom. The minimum atomic E-state index is -0.342. The van der Waals surface area contributed by atoms with E-state index in [2.05, 4.69) is 4.98 Å². The van der Waals surface area contributed by atoms with Crippen LogP contribution < -0.4 is 0 Å². The summed E-state index contributed by atoms with van der Waals surface area (Å²) in [6.07, 6.45) is 2.07. The Kier molecular flexibility index (Phi) is 3.71. The SMILES string of the molecule is CC(C)(C)C(=O)N1CCCC(c2cc3cc(F)ccc3[nH]2)C1. The third-order valence-electron chi connectivity index (χ3n) is 4.39. The molecule has 1 aromatic heterocycles. The first-order valence-corrected chi connectivity index (χ1v) is 7.92. The number of aromatic nitrogens is 1. The second-order valence-corrected chi connectivity index (χ2v) is 7.30. The van der Waals surface area contributed by atoms with Crippen molar-refractivity contribution in [3.8, 4) is 0 Å². The summed E-state index contributed by atoms with van der Waals surface area (Å²) >= 11 is 0. The van der Waals surface area contributed by atoms with E-state index in [1.165, 1.54) is 6.07 Å². The van der Waals surface area contributed by atoms with Gasteiger partial charge in [-0.25, -0.2) is 4.39 Å². The van der Waals surface area contributed by atoms with Crippen LogP contribution in [0.15, 0.2) is 24.3 Å². The summed E-state index contributed by atoms with van der Waals surface area (Å²) < 4.78 is 13.3. The molecule has 1 atom stereocenters. The van der Waals surface area contributed by atoms with Crippen LogP contribution in [0.4, 0.5) is 4.39 Å². The van der Waals surface area contributed by atoms with Gasteiger partial charge in [0.2, 0.25) is 5.91 Å². The first-order chi connectivity index (χ1) is 10.3. The predicted molar refractivity (Wildman–Crippen MR) is 86.3 cm³/mol. The summed E-state index contributed by atoms with van der Waals surface area (Å²) in [6, 6.07) is 6.82. The molecule has 2 aromatic rings. The number of hydrogen-bond acceptors (Lipinski definition) is 1. The van der Waals surface area contributed by atoms with Crippen LogP contribution >= 0.6 is 0 Å². The summed E-state index contributed by atoms with van der Waals surface area (Å²) in [7, 11) is 0. The molecule has 0 bridgehead atoms. The molecule has 1 aromatic carbocycles. The van der Waals surface area contributed by atoms with Gasteiger partial charge in [0.1, 0.15) is 5.82 Å². The molecule has 0 saturated carbocycles. The summed E-state index contributed by atoms with van der Waals surface area (Å²) in [5.74, 6) is 0.293. The molecule has 1 aliphatic heterocycles. The van der Waals surface area contributed by atoms with Crippen molar-refractivity contribution in [3.05, 3.63) is 35.8 Å². The maximum atomic E-state index is 13.3. The number of carbonyl (C=O) groups excluding carboxylic acids is 1. The van der Waals surface area contributed by atoms with Gasteiger partial charge >= 0.3 is 0 Å². The molecular formula is C18H23FN2O. The van der Waals surface area contributed by atoms with E-state index < -0.39 is 0 Å². The number of rotatable bonds is 1. The number of halogens is 1. The van der Waals surface area contributed by atoms with Crippen LogP contribution in [0.5, 0.6) is 0 Å². The number of aromatic amines is 1. The van der Waals surface area contributed by atoms with Gasteiger partial charge in [-0.2, -0.15) is 0 Å². The van der Waals surface area contributed by atoms with Crippen molar-refractivity contribution < 1.29 is 9.18 Å². The number of piperidine rings is 1. The fourth-order valence-corrected chi connectivity index (χ4v) is 3.24. The van der Waals surface area contributed by atoms with Gasteiger partial charge in [-0.3, -0.25) is 4.79 Å². The zero-order valence-corrected chi connectivity index (χ0v) is 13.4. The number of likely N-dealkylation sites (tertiary alicyclic amines) is 1. The first-order valence-electron chi connectivity index (χ1n) is 7.92. The fourth-order valence-electron chi connectivity index (χ4n) is 3.24. The summed E-state index contributed by atoms with van der Waals surface area (Å²) in [6.45, 7) is 7.47. The Balaban J connectivity index is 1.83. The molecule has 2 heterocycles. The van der Waals surface area contributed by atoms with Crippen molar-refractivity contribution in [2.24, 2.45) is 5.41 Å². The van der Waals surface area contributed by atoms with E-state index in [1.54, 1.807) is 12.1 Å². The highest BCUT2D eigenvalue weighted by atomic mass is 19.1. The zero-order valence-electron chi connectivity index (χ0n) is 13.4. The number of fused-ring (bicyclic) bond motifs is 1. The van der Waals surface area contributed by atoms with Crippen LogP contribution in [-0.4, -0.2) is 28.9 Å². The highest BCUT2D eigenvalue weighted by Crippen LogP contribution is 2.31. The Labute approximate surface area is 130 Å². The van der Waals surface area contributed by atoms with Crippen molar-refractivity contribution in [2.75, 3.05) is 13.1 Å². The van der Waals surface area contributed by atoms with Crippen LogP contribution in [0.2, 0.25) is 0 Å². The van der Waals surface area contributed by atoms with Gasteiger partial charge in [0, 0.05) is 41.0 Å². The Bertz CT molecular complexity index is 699. The molecule has 3 rings (SSSR count). The van der Waals surface area contributed by atoms with Crippen molar-refractivity contribution in [3.63, 3.8) is 0 Å². The highest BCUT2D eigenvalue weighted by Gasteiger charge is 2.31. The molecule has 1 saturated heterocycles. The lowest BCUT2D eigenvalue weighted by atomic mass is 9.90. The number of nitrogens with one attached hydrogen (secondary N) is 1. The Morgan fingerprint density at radius 1 is 1.32 bits per heavy atom. The van der Waals surface area contributed by atoms with Gasteiger partial charge in [0.25, 0.3) is 0 Å². The number of benzene rings is 1. The molecule has 1 unspecified atom stereocenters. The Morgan fingerprint density at radius 3 is 2.82 bits per heavy atom. The predicted octanol–water partition coefficient (Wildman–Crippen LogP) is 4.06. The highest BCUT2D eigenvalue weighted by molar-refractivity contribution is 5.82. The van der Waals surface area contributed by atoms with Crippen molar-refractivity contribution in [1.29, 1.82) is 0 Å². The minimum absolute atomic E-state index is 0.208. The lowest BCUT2D eigenvalue weighted by Gasteiger charge is -2.36. The van der Waals surface area contributed by atoms with Crippen LogP contribution in [-0.2, 0) is 4.79 Å². The second kappa shape index (κ2) is 5.41. The van der Waals surface area contributed by atoms with Crippen LogP contribution in [0.3, 0.4) is 0 Å². The van der Waals surface area contributed by atoms with Gasteiger partial charge in [-0.1, -0.05) is 20.8 Å². The monoisotopic (exact) mass is 302 g/mol. The second-order valence-electron chi connectivity index (χ2n) is 7.30. The van der Waals surface area contributed by atoms with E-state index >= 15 is 0 Å². The standard InChI is InChI=1S/C18H23FN2O/c1-18(2,3)17(22)21-8-4-5-12(11-21)16-10-13-9-14(19)6-7-15(13)20-16/h6-7,9-10,12,20H,4-5,8,11H2,1-3H3. The molecular weight excluding hydrogens is 279 g/mol. The molecule has 118 valence electrons. The van der Waals surface area contributed by atoms with Gasteiger partial charge in [0.15, 0.2) is 0 Å². The topological polar surface area (TPSA) is 36.1 Å². The van der Waals surface area contributed by atoms with Crippen molar-refractivity contribution in [1.82, 2.24) is 9.88 Å². The molecule has 1 amide bonds. The zero-order chi connectivity index (χ0) is 15.9. The van der Waals surface area contributed by atoms with E-state index in [-0.39, 0.29) is 17.1 Å². The quantitative estimate of drug-likeness (QED) is 0.847. The van der Waals surface area contributed by atoms with E-state index in [0.29, 0.717) is 5.92 Å². The van der Waals surface area contributed by atoms with Gasteiger partial charge in [-0.05, 0) is 37.1 Å². The normalized spacial score (nSPS) is 19.6. The largest absolute Gasteiger partial charge is 0.358 e. The average molecular weight is 302 g/mol. The molecule has 0 aliphatic carbocycles. The minimum Gasteiger partial charge on any atom is -0.358 e. The maximum Gasteiger partial charge on any atom is 0.227 e. The Hall–Kier alpha value is -1.84. The summed E-state index contributed by atoms with van der Waals surface area (Å²) in [4.78, 5) is 17.8. The molecule has 3 nitrogen and oxygen atoms in total. The van der Waals surface area contributed by atoms with Gasteiger partial charge < -0.3 is 9.88 Å². The molecule has 1 aliphatic rings. The molecule has 1 fully saturated rings. The lowest BCUT2D eigenvalue weighted by Crippen LogP contribution is -2.44. The smallest absolute Gasteiger partial charge is 0.227 e. The number of nitrogens with zero attached hydrogens (tertiary/aromatic N) is 1. The third kappa shape index (κ3) is 2.87. The van der Waals surface area contributed by atoms with Crippen LogP contribution in [0.25, 0.3) is 10.9 Å². The van der Waals surface area contributed by atoms with E-state index in [9.17, 15) is 9.18 Å². The van der Waals surface area contributed by atoms with Crippen molar-refractivity contribution in [2.45, 2.75) is 39.5 Å². The number of amides is 1. The maximum absolute atomic E-state index is 13.3. The van der Waals surface area contributed by atoms with E-state index in [0.717, 1.165) is 42.5 Å².